The Labute approximate surface area is 112 Å². The second-order valence-electron chi connectivity index (χ2n) is 5.95. The van der Waals surface area contributed by atoms with Crippen LogP contribution in [0.3, 0.4) is 0 Å². The molecule has 0 spiro atoms. The molecule has 102 valence electrons. The zero-order valence-corrected chi connectivity index (χ0v) is 12.3. The molecule has 2 nitrogen and oxygen atoms in total. The van der Waals surface area contributed by atoms with E-state index in [1.807, 2.05) is 0 Å². The van der Waals surface area contributed by atoms with Crippen LogP contribution in [0.25, 0.3) is 0 Å². The average molecular weight is 250 g/mol. The van der Waals surface area contributed by atoms with Crippen LogP contribution >= 0.6 is 0 Å². The molecule has 2 heteroatoms. The van der Waals surface area contributed by atoms with Gasteiger partial charge >= 0.3 is 0 Å². The summed E-state index contributed by atoms with van der Waals surface area (Å²) < 4.78 is 0.934. The van der Waals surface area contributed by atoms with Gasteiger partial charge in [-0.3, -0.25) is 0 Å². The fourth-order valence-corrected chi connectivity index (χ4v) is 2.26. The first-order chi connectivity index (χ1) is 8.48. The molecule has 0 amide bonds. The summed E-state index contributed by atoms with van der Waals surface area (Å²) in [6, 6.07) is 9.02. The maximum absolute atomic E-state index is 8.91. The Morgan fingerprint density at radius 1 is 1.17 bits per heavy atom. The summed E-state index contributed by atoms with van der Waals surface area (Å²) in [7, 11) is 4.44. The van der Waals surface area contributed by atoms with Crippen LogP contribution in [-0.4, -0.2) is 36.8 Å². The minimum absolute atomic E-state index is 0.286. The fourth-order valence-electron chi connectivity index (χ4n) is 2.26. The van der Waals surface area contributed by atoms with Crippen LogP contribution in [0, 0.1) is 0 Å². The van der Waals surface area contributed by atoms with E-state index in [9.17, 15) is 0 Å². The average Bonchev–Trinajstić information content (AvgIpc) is 2.36. The zero-order valence-electron chi connectivity index (χ0n) is 12.3. The molecule has 1 rings (SSSR count). The standard InChI is InChI=1S/C16H28NO/c1-5-14(2)16-9-7-15(8-10-16)13-17(3,4)11-6-12-18/h7-10,14,18H,5-6,11-13H2,1-4H3/q+1. The Bertz CT molecular complexity index is 343. The van der Waals surface area contributed by atoms with E-state index in [4.69, 9.17) is 5.11 Å². The minimum Gasteiger partial charge on any atom is -0.396 e. The molecule has 0 aromatic heterocycles. The lowest BCUT2D eigenvalue weighted by Gasteiger charge is -2.29. The summed E-state index contributed by atoms with van der Waals surface area (Å²) in [5.41, 5.74) is 2.81. The van der Waals surface area contributed by atoms with E-state index in [1.54, 1.807) is 0 Å². The van der Waals surface area contributed by atoms with Crippen LogP contribution in [0.2, 0.25) is 0 Å². The predicted octanol–water partition coefficient (Wildman–Crippen LogP) is 3.16. The Morgan fingerprint density at radius 2 is 1.78 bits per heavy atom. The van der Waals surface area contributed by atoms with E-state index in [2.05, 4.69) is 52.2 Å². The molecule has 0 heterocycles. The quantitative estimate of drug-likeness (QED) is 0.737. The summed E-state index contributed by atoms with van der Waals surface area (Å²) in [5, 5.41) is 8.91. The van der Waals surface area contributed by atoms with Crippen LogP contribution < -0.4 is 0 Å². The first-order valence-electron chi connectivity index (χ1n) is 7.00. The molecule has 1 N–H and O–H groups in total. The molecule has 0 aliphatic rings. The summed E-state index contributed by atoms with van der Waals surface area (Å²) in [5.74, 6) is 0.649. The molecule has 0 saturated carbocycles. The van der Waals surface area contributed by atoms with Gasteiger partial charge in [0.1, 0.15) is 6.54 Å². The summed E-state index contributed by atoms with van der Waals surface area (Å²) in [4.78, 5) is 0. The molecule has 0 fully saturated rings. The van der Waals surface area contributed by atoms with Crippen LogP contribution in [0.5, 0.6) is 0 Å². The summed E-state index contributed by atoms with van der Waals surface area (Å²) >= 11 is 0. The highest BCUT2D eigenvalue weighted by Crippen LogP contribution is 2.20. The first kappa shape index (κ1) is 15.2. The first-order valence-corrected chi connectivity index (χ1v) is 7.00. The lowest BCUT2D eigenvalue weighted by molar-refractivity contribution is -0.903. The van der Waals surface area contributed by atoms with Gasteiger partial charge in [0.2, 0.25) is 0 Å². The largest absolute Gasteiger partial charge is 0.396 e. The molecular formula is C16H28NO+. The normalized spacial score (nSPS) is 13.6. The van der Waals surface area contributed by atoms with Crippen LogP contribution in [-0.2, 0) is 6.54 Å². The molecule has 1 unspecified atom stereocenters. The Morgan fingerprint density at radius 3 is 2.28 bits per heavy atom. The number of nitrogens with zero attached hydrogens (tertiary/aromatic N) is 1. The molecule has 18 heavy (non-hydrogen) atoms. The SMILES string of the molecule is CCC(C)c1ccc(C[N+](C)(C)CCCO)cc1. The Kier molecular flexibility index (Phi) is 5.83. The third-order valence-corrected chi connectivity index (χ3v) is 3.69. The molecule has 1 aromatic rings. The number of rotatable bonds is 7. The van der Waals surface area contributed by atoms with Crippen molar-refractivity contribution in [1.82, 2.24) is 0 Å². The van der Waals surface area contributed by atoms with Crippen molar-refractivity contribution in [3.05, 3.63) is 35.4 Å². The highest BCUT2D eigenvalue weighted by atomic mass is 16.3. The van der Waals surface area contributed by atoms with Crippen molar-refractivity contribution in [2.45, 2.75) is 39.2 Å². The molecule has 0 aliphatic carbocycles. The monoisotopic (exact) mass is 250 g/mol. The molecular weight excluding hydrogens is 222 g/mol. The fraction of sp³-hybridized carbons (Fsp3) is 0.625. The van der Waals surface area contributed by atoms with Gasteiger partial charge in [-0.2, -0.15) is 0 Å². The van der Waals surface area contributed by atoms with Gasteiger partial charge in [0.15, 0.2) is 0 Å². The van der Waals surface area contributed by atoms with E-state index >= 15 is 0 Å². The van der Waals surface area contributed by atoms with Crippen molar-refractivity contribution in [2.75, 3.05) is 27.2 Å². The second kappa shape index (κ2) is 6.91. The van der Waals surface area contributed by atoms with Crippen molar-refractivity contribution in [3.63, 3.8) is 0 Å². The van der Waals surface area contributed by atoms with Crippen LogP contribution in [0.4, 0.5) is 0 Å². The minimum atomic E-state index is 0.286. The van der Waals surface area contributed by atoms with Gasteiger partial charge in [-0.15, -0.1) is 0 Å². The van der Waals surface area contributed by atoms with Crippen molar-refractivity contribution in [3.8, 4) is 0 Å². The van der Waals surface area contributed by atoms with E-state index in [-0.39, 0.29) is 6.61 Å². The maximum atomic E-state index is 8.91. The van der Waals surface area contributed by atoms with Gasteiger partial charge in [-0.1, -0.05) is 38.1 Å². The van der Waals surface area contributed by atoms with Crippen LogP contribution in [0.1, 0.15) is 43.7 Å². The van der Waals surface area contributed by atoms with Gasteiger partial charge in [-0.25, -0.2) is 0 Å². The Hall–Kier alpha value is -0.860. The number of aliphatic hydroxyl groups is 1. The highest BCUT2D eigenvalue weighted by molar-refractivity contribution is 5.24. The number of benzene rings is 1. The number of hydrogen-bond donors (Lipinski definition) is 1. The lowest BCUT2D eigenvalue weighted by Crippen LogP contribution is -2.39. The van der Waals surface area contributed by atoms with Gasteiger partial charge in [0, 0.05) is 18.6 Å². The third-order valence-electron chi connectivity index (χ3n) is 3.69. The number of aliphatic hydroxyl groups excluding tert-OH is 1. The van der Waals surface area contributed by atoms with Crippen LogP contribution in [0.15, 0.2) is 24.3 Å². The highest BCUT2D eigenvalue weighted by Gasteiger charge is 2.15. The molecule has 0 bridgehead atoms. The van der Waals surface area contributed by atoms with Crippen molar-refractivity contribution < 1.29 is 9.59 Å². The van der Waals surface area contributed by atoms with Gasteiger partial charge in [-0.05, 0) is 17.9 Å². The molecule has 0 saturated heterocycles. The van der Waals surface area contributed by atoms with Crippen molar-refractivity contribution in [2.24, 2.45) is 0 Å². The molecule has 0 aliphatic heterocycles. The lowest BCUT2D eigenvalue weighted by atomic mass is 9.97. The van der Waals surface area contributed by atoms with E-state index in [0.29, 0.717) is 5.92 Å². The Balaban J connectivity index is 2.63. The van der Waals surface area contributed by atoms with Crippen molar-refractivity contribution in [1.29, 1.82) is 0 Å². The van der Waals surface area contributed by atoms with E-state index < -0.39 is 0 Å². The second-order valence-corrected chi connectivity index (χ2v) is 5.95. The maximum Gasteiger partial charge on any atom is 0.104 e. The topological polar surface area (TPSA) is 20.2 Å². The predicted molar refractivity (Wildman–Crippen MR) is 77.5 cm³/mol. The van der Waals surface area contributed by atoms with Crippen molar-refractivity contribution >= 4 is 0 Å². The summed E-state index contributed by atoms with van der Waals surface area (Å²) in [6.07, 6.45) is 2.06. The number of hydrogen-bond acceptors (Lipinski definition) is 1. The van der Waals surface area contributed by atoms with E-state index in [1.165, 1.54) is 17.5 Å². The van der Waals surface area contributed by atoms with E-state index in [0.717, 1.165) is 24.0 Å². The molecule has 1 atom stereocenters. The molecule has 0 radical (unpaired) electrons. The van der Waals surface area contributed by atoms with Gasteiger partial charge in [0.05, 0.1) is 20.6 Å². The number of quaternary nitrogens is 1. The zero-order chi connectivity index (χ0) is 13.6. The third kappa shape index (κ3) is 4.79. The van der Waals surface area contributed by atoms with Gasteiger partial charge in [0.25, 0.3) is 0 Å². The smallest absolute Gasteiger partial charge is 0.104 e. The summed E-state index contributed by atoms with van der Waals surface area (Å²) in [6.45, 7) is 6.84. The van der Waals surface area contributed by atoms with Gasteiger partial charge < -0.3 is 9.59 Å². The molecule has 1 aromatic carbocycles.